The Hall–Kier alpha value is -3.56. The Bertz CT molecular complexity index is 1150. The van der Waals surface area contributed by atoms with Gasteiger partial charge in [0.25, 0.3) is 11.6 Å². The summed E-state index contributed by atoms with van der Waals surface area (Å²) in [5.41, 5.74) is 4.18. The van der Waals surface area contributed by atoms with Crippen LogP contribution in [0.5, 0.6) is 0 Å². The molecule has 208 valence electrons. The lowest BCUT2D eigenvalue weighted by Crippen LogP contribution is -2.57. The van der Waals surface area contributed by atoms with Crippen molar-refractivity contribution in [1.82, 2.24) is 5.01 Å². The van der Waals surface area contributed by atoms with Crippen molar-refractivity contribution in [2.75, 3.05) is 10.3 Å². The van der Waals surface area contributed by atoms with Gasteiger partial charge in [0.15, 0.2) is 0 Å². The Morgan fingerprint density at radius 1 is 0.897 bits per heavy atom. The van der Waals surface area contributed by atoms with Crippen molar-refractivity contribution in [3.63, 3.8) is 0 Å². The quantitative estimate of drug-likeness (QED) is 0.106. The average Bonchev–Trinajstić information content (AvgIpc) is 3.20. The number of aliphatic hydroxyl groups is 1. The molecule has 2 aromatic carbocycles. The van der Waals surface area contributed by atoms with Crippen molar-refractivity contribution >= 4 is 28.9 Å². The maximum atomic E-state index is 13.7. The molecular weight excluding hydrogens is 496 g/mol. The number of rotatable bonds is 14. The van der Waals surface area contributed by atoms with Crippen molar-refractivity contribution in [2.45, 2.75) is 82.9 Å². The molecule has 0 aromatic heterocycles. The number of hydrogen-bond acceptors (Lipinski definition) is 7. The van der Waals surface area contributed by atoms with Gasteiger partial charge in [0.2, 0.25) is 5.91 Å². The van der Waals surface area contributed by atoms with Crippen LogP contribution >= 0.6 is 0 Å². The number of fused-ring (bicyclic) bond motifs is 1. The average molecular weight is 535 g/mol. The lowest BCUT2D eigenvalue weighted by atomic mass is 9.91. The molecule has 39 heavy (non-hydrogen) atoms. The van der Waals surface area contributed by atoms with Crippen molar-refractivity contribution < 1.29 is 19.6 Å². The minimum atomic E-state index is -0.865. The lowest BCUT2D eigenvalue weighted by Gasteiger charge is -2.40. The van der Waals surface area contributed by atoms with E-state index in [0.717, 1.165) is 19.3 Å². The van der Waals surface area contributed by atoms with E-state index >= 15 is 0 Å². The van der Waals surface area contributed by atoms with E-state index in [1.807, 2.05) is 6.07 Å². The van der Waals surface area contributed by atoms with E-state index in [1.165, 1.54) is 49.1 Å². The Kier molecular flexibility index (Phi) is 9.84. The summed E-state index contributed by atoms with van der Waals surface area (Å²) in [5, 5.41) is 24.0. The smallest absolute Gasteiger partial charge is 0.269 e. The summed E-state index contributed by atoms with van der Waals surface area (Å²) >= 11 is 0. The fourth-order valence-electron chi connectivity index (χ4n) is 5.42. The Labute approximate surface area is 229 Å². The number of para-hydroxylation sites is 1. The number of nitrogens with one attached hydrogen (secondary N) is 1. The first-order valence-electron chi connectivity index (χ1n) is 14.0. The summed E-state index contributed by atoms with van der Waals surface area (Å²) in [6.45, 7) is 2.21. The van der Waals surface area contributed by atoms with Gasteiger partial charge in [0.1, 0.15) is 6.04 Å². The number of unbranched alkanes of at least 4 members (excludes halogenated alkanes) is 7. The molecule has 2 heterocycles. The van der Waals surface area contributed by atoms with Gasteiger partial charge in [-0.05, 0) is 30.7 Å². The fourth-order valence-corrected chi connectivity index (χ4v) is 5.42. The first kappa shape index (κ1) is 28.4. The highest BCUT2D eigenvalue weighted by atomic mass is 16.6. The number of carbonyl (C=O) groups excluding carboxylic acids is 2. The molecule has 0 spiro atoms. The van der Waals surface area contributed by atoms with E-state index < -0.39 is 29.0 Å². The molecular formula is C30H38N4O5. The number of nitro benzene ring substituents is 1. The number of aliphatic hydroxyl groups excluding tert-OH is 1. The molecule has 9 heteroatoms. The van der Waals surface area contributed by atoms with E-state index in [1.54, 1.807) is 53.6 Å². The summed E-state index contributed by atoms with van der Waals surface area (Å²) in [4.78, 5) is 38.9. The summed E-state index contributed by atoms with van der Waals surface area (Å²) in [6, 6.07) is 13.3. The molecule has 0 unspecified atom stereocenters. The third-order valence-corrected chi connectivity index (χ3v) is 7.55. The molecule has 0 aliphatic carbocycles. The molecule has 0 radical (unpaired) electrons. The van der Waals surface area contributed by atoms with Gasteiger partial charge < -0.3 is 10.5 Å². The third kappa shape index (κ3) is 6.72. The number of imide groups is 1. The van der Waals surface area contributed by atoms with Crippen molar-refractivity contribution in [2.24, 2.45) is 5.92 Å². The molecule has 2 N–H and O–H groups in total. The zero-order valence-electron chi connectivity index (χ0n) is 22.4. The van der Waals surface area contributed by atoms with Crippen LogP contribution in [0.4, 0.5) is 17.1 Å². The number of hydrazine groups is 1. The van der Waals surface area contributed by atoms with Crippen molar-refractivity contribution in [1.29, 1.82) is 0 Å². The Morgan fingerprint density at radius 2 is 1.54 bits per heavy atom. The summed E-state index contributed by atoms with van der Waals surface area (Å²) < 4.78 is 0. The summed E-state index contributed by atoms with van der Waals surface area (Å²) in [5.74, 6) is -1.41. The minimum absolute atomic E-state index is 0.0504. The number of benzene rings is 2. The highest BCUT2D eigenvalue weighted by molar-refractivity contribution is 6.24. The van der Waals surface area contributed by atoms with Crippen LogP contribution in [0.1, 0.15) is 64.7 Å². The maximum absolute atomic E-state index is 13.7. The van der Waals surface area contributed by atoms with Crippen LogP contribution in [0.25, 0.3) is 0 Å². The number of carbonyl (C=O) groups is 2. The fraction of sp³-hybridized carbons (Fsp3) is 0.467. The molecule has 4 atom stereocenters. The second-order valence-corrected chi connectivity index (χ2v) is 10.3. The van der Waals surface area contributed by atoms with Crippen molar-refractivity contribution in [3.8, 4) is 0 Å². The molecule has 2 aliphatic rings. The standard InChI is InChI=1S/C30H38N4O5/c1-2-3-4-5-6-7-8-12-15-27(35)26-21-20-25-28(30(37)32(29(25)36)23-13-10-9-11-14-23)33(26)31-22-16-18-24(19-17-22)34(38)39/h9-11,13-14,16-21,25-28,31,35H,2-8,12,15H2,1H3/t25-,26-,27-,28+/m0/s1. The molecule has 2 amide bonds. The second kappa shape index (κ2) is 13.5. The predicted molar refractivity (Wildman–Crippen MR) is 151 cm³/mol. The summed E-state index contributed by atoms with van der Waals surface area (Å²) in [6.07, 6.45) is 12.6. The molecule has 2 aromatic rings. The highest BCUT2D eigenvalue weighted by Gasteiger charge is 2.54. The molecule has 1 fully saturated rings. The number of amides is 2. The van der Waals surface area contributed by atoms with Crippen molar-refractivity contribution in [3.05, 3.63) is 76.9 Å². The second-order valence-electron chi connectivity index (χ2n) is 10.3. The van der Waals surface area contributed by atoms with Gasteiger partial charge in [-0.3, -0.25) is 19.7 Å². The van der Waals surface area contributed by atoms with Gasteiger partial charge in [-0.1, -0.05) is 88.6 Å². The number of anilines is 2. The normalized spacial score (nSPS) is 21.7. The summed E-state index contributed by atoms with van der Waals surface area (Å²) in [7, 11) is 0. The van der Waals surface area contributed by atoms with E-state index in [9.17, 15) is 24.8 Å². The molecule has 4 rings (SSSR count). The molecule has 2 aliphatic heterocycles. The lowest BCUT2D eigenvalue weighted by molar-refractivity contribution is -0.384. The molecule has 0 bridgehead atoms. The van der Waals surface area contributed by atoms with Gasteiger partial charge >= 0.3 is 0 Å². The number of hydrogen-bond donors (Lipinski definition) is 2. The van der Waals surface area contributed by atoms with Gasteiger partial charge in [-0.15, -0.1) is 0 Å². The van der Waals surface area contributed by atoms with Crippen LogP contribution in [0.3, 0.4) is 0 Å². The first-order chi connectivity index (χ1) is 18.9. The third-order valence-electron chi connectivity index (χ3n) is 7.55. The van der Waals surface area contributed by atoms with Crippen LogP contribution < -0.4 is 10.3 Å². The monoisotopic (exact) mass is 534 g/mol. The zero-order valence-corrected chi connectivity index (χ0v) is 22.4. The largest absolute Gasteiger partial charge is 0.391 e. The van der Waals surface area contributed by atoms with Crippen LogP contribution in [0.2, 0.25) is 0 Å². The van der Waals surface area contributed by atoms with Crippen LogP contribution in [-0.4, -0.2) is 45.0 Å². The zero-order chi connectivity index (χ0) is 27.8. The SMILES string of the molecule is CCCCCCCCCC[C@H](O)[C@@H]1C=C[C@@H]2C(=O)N(c3ccccc3)C(=O)[C@@H]2N1Nc1ccc([N+](=O)[O-])cc1. The number of nitrogens with zero attached hydrogens (tertiary/aromatic N) is 3. The molecule has 1 saturated heterocycles. The van der Waals surface area contributed by atoms with Gasteiger partial charge in [-0.2, -0.15) is 0 Å². The predicted octanol–water partition coefficient (Wildman–Crippen LogP) is 5.61. The first-order valence-corrected chi connectivity index (χ1v) is 14.0. The number of non-ortho nitro benzene ring substituents is 1. The van der Waals surface area contributed by atoms with E-state index in [2.05, 4.69) is 12.3 Å². The minimum Gasteiger partial charge on any atom is -0.391 e. The topological polar surface area (TPSA) is 116 Å². The maximum Gasteiger partial charge on any atom is 0.269 e. The van der Waals surface area contributed by atoms with Crippen LogP contribution in [0.15, 0.2) is 66.7 Å². The van der Waals surface area contributed by atoms with Gasteiger partial charge in [0.05, 0.1) is 28.7 Å². The molecule has 9 nitrogen and oxygen atoms in total. The highest BCUT2D eigenvalue weighted by Crippen LogP contribution is 2.36. The Morgan fingerprint density at radius 3 is 2.18 bits per heavy atom. The van der Waals surface area contributed by atoms with E-state index in [4.69, 9.17) is 0 Å². The van der Waals surface area contributed by atoms with Gasteiger partial charge in [0, 0.05) is 17.8 Å². The van der Waals surface area contributed by atoms with Crippen LogP contribution in [0, 0.1) is 16.0 Å². The van der Waals surface area contributed by atoms with Crippen LogP contribution in [-0.2, 0) is 9.59 Å². The van der Waals surface area contributed by atoms with Gasteiger partial charge in [-0.25, -0.2) is 9.91 Å². The van der Waals surface area contributed by atoms with E-state index in [0.29, 0.717) is 17.8 Å². The Balaban J connectivity index is 1.50. The number of nitro groups is 1. The van der Waals surface area contributed by atoms with E-state index in [-0.39, 0.29) is 17.5 Å². The molecule has 0 saturated carbocycles.